The first-order chi connectivity index (χ1) is 17.4. The second-order valence-electron chi connectivity index (χ2n) is 9.77. The van der Waals surface area contributed by atoms with Gasteiger partial charge in [0.15, 0.2) is 0 Å². The van der Waals surface area contributed by atoms with E-state index in [-0.39, 0.29) is 0 Å². The molecule has 2 aromatic rings. The van der Waals surface area contributed by atoms with Crippen LogP contribution in [-0.4, -0.2) is 41.6 Å². The number of amides is 2. The second kappa shape index (κ2) is 13.7. The van der Waals surface area contributed by atoms with Crippen LogP contribution < -0.4 is 11.1 Å². The van der Waals surface area contributed by atoms with Crippen molar-refractivity contribution in [2.45, 2.75) is 76.9 Å². The van der Waals surface area contributed by atoms with Gasteiger partial charge >= 0.3 is 0 Å². The number of benzene rings is 2. The van der Waals surface area contributed by atoms with E-state index in [1.54, 1.807) is 12.1 Å². The molecule has 0 bridgehead atoms. The average Bonchev–Trinajstić information content (AvgIpc) is 2.90. The topological polar surface area (TPSA) is 92.5 Å². The molecule has 2 aromatic carbocycles. The lowest BCUT2D eigenvalue weighted by Gasteiger charge is -2.31. The summed E-state index contributed by atoms with van der Waals surface area (Å²) >= 11 is 0. The van der Waals surface area contributed by atoms with Crippen LogP contribution in [0, 0.1) is 0 Å². The molecule has 36 heavy (non-hydrogen) atoms. The smallest absolute Gasteiger partial charge is 0.287 e. The van der Waals surface area contributed by atoms with Crippen LogP contribution in [0.25, 0.3) is 12.2 Å². The molecule has 2 amide bonds. The highest BCUT2D eigenvalue weighted by Gasteiger charge is 2.25. The van der Waals surface area contributed by atoms with Gasteiger partial charge in [0, 0.05) is 18.2 Å². The van der Waals surface area contributed by atoms with Crippen LogP contribution in [-0.2, 0) is 16.1 Å². The van der Waals surface area contributed by atoms with Crippen molar-refractivity contribution in [3.63, 3.8) is 0 Å². The number of hydrogen-bond donors (Lipinski definition) is 2. The minimum absolute atomic E-state index is 0.379. The molecule has 0 aromatic heterocycles. The van der Waals surface area contributed by atoms with Crippen molar-refractivity contribution >= 4 is 29.7 Å². The Bertz CT molecular complexity index is 1060. The van der Waals surface area contributed by atoms with Crippen LogP contribution in [0.15, 0.2) is 48.5 Å². The van der Waals surface area contributed by atoms with E-state index >= 15 is 0 Å². The predicted octanol–water partition coefficient (Wildman–Crippen LogP) is 4.96. The molecule has 0 aliphatic heterocycles. The molecule has 1 aliphatic carbocycles. The summed E-state index contributed by atoms with van der Waals surface area (Å²) < 4.78 is 0. The fourth-order valence-corrected chi connectivity index (χ4v) is 4.79. The lowest BCUT2D eigenvalue weighted by Crippen LogP contribution is -2.46. The van der Waals surface area contributed by atoms with Crippen molar-refractivity contribution in [3.05, 3.63) is 70.8 Å². The molecule has 1 aliphatic rings. The van der Waals surface area contributed by atoms with Crippen molar-refractivity contribution in [3.8, 4) is 0 Å². The van der Waals surface area contributed by atoms with Gasteiger partial charge in [-0.15, -0.1) is 0 Å². The second-order valence-corrected chi connectivity index (χ2v) is 9.77. The Morgan fingerprint density at radius 3 is 2.39 bits per heavy atom. The Morgan fingerprint density at radius 2 is 1.72 bits per heavy atom. The van der Waals surface area contributed by atoms with Crippen molar-refractivity contribution in [1.29, 1.82) is 0 Å². The lowest BCUT2D eigenvalue weighted by atomic mass is 9.94. The third-order valence-corrected chi connectivity index (χ3v) is 6.98. The molecule has 1 saturated carbocycles. The molecule has 0 spiro atoms. The molecule has 0 heterocycles. The van der Waals surface area contributed by atoms with Crippen LogP contribution in [0.4, 0.5) is 0 Å². The van der Waals surface area contributed by atoms with Crippen molar-refractivity contribution < 1.29 is 14.4 Å². The molecule has 3 N–H and O–H groups in total. The van der Waals surface area contributed by atoms with Gasteiger partial charge < -0.3 is 11.1 Å². The zero-order chi connectivity index (χ0) is 25.9. The van der Waals surface area contributed by atoms with Gasteiger partial charge in [-0.25, -0.2) is 0 Å². The van der Waals surface area contributed by atoms with Crippen molar-refractivity contribution in [1.82, 2.24) is 10.2 Å². The summed E-state index contributed by atoms with van der Waals surface area (Å²) in [5, 5.41) is 2.71. The van der Waals surface area contributed by atoms with Crippen LogP contribution >= 0.6 is 0 Å². The maximum atomic E-state index is 13.0. The van der Waals surface area contributed by atoms with Gasteiger partial charge in [0.05, 0.1) is 6.04 Å². The maximum absolute atomic E-state index is 13.0. The number of nitrogens with two attached hydrogens (primary N) is 1. The number of rotatable bonds is 12. The molecular weight excluding hydrogens is 450 g/mol. The minimum atomic E-state index is -1.03. The zero-order valence-corrected chi connectivity index (χ0v) is 21.5. The van der Waals surface area contributed by atoms with Crippen LogP contribution in [0.5, 0.6) is 0 Å². The van der Waals surface area contributed by atoms with E-state index in [4.69, 9.17) is 5.73 Å². The number of unbranched alkanes of at least 4 members (excludes halogenated alkanes) is 1. The molecule has 1 fully saturated rings. The summed E-state index contributed by atoms with van der Waals surface area (Å²) in [6.45, 7) is 2.93. The Kier molecular flexibility index (Phi) is 10.4. The van der Waals surface area contributed by atoms with Gasteiger partial charge in [-0.2, -0.15) is 0 Å². The first-order valence-electron chi connectivity index (χ1n) is 13.1. The van der Waals surface area contributed by atoms with E-state index < -0.39 is 23.6 Å². The Labute approximate surface area is 214 Å². The van der Waals surface area contributed by atoms with Crippen molar-refractivity contribution in [2.24, 2.45) is 5.73 Å². The SMILES string of the molecule is CCCCC(NC(=O)c1ccccc1/C=C/c1ccc(CN(C)C2CCCCC2)cc1)C(=O)C(N)=O. The fourth-order valence-electron chi connectivity index (χ4n) is 4.79. The third-order valence-electron chi connectivity index (χ3n) is 6.98. The number of primary amides is 1. The van der Waals surface area contributed by atoms with E-state index in [2.05, 4.69) is 41.5 Å². The summed E-state index contributed by atoms with van der Waals surface area (Å²) in [6.07, 6.45) is 12.4. The molecule has 1 atom stereocenters. The van der Waals surface area contributed by atoms with E-state index in [0.29, 0.717) is 24.4 Å². The maximum Gasteiger partial charge on any atom is 0.287 e. The van der Waals surface area contributed by atoms with Gasteiger partial charge in [-0.05, 0) is 49.1 Å². The van der Waals surface area contributed by atoms with Crippen LogP contribution in [0.2, 0.25) is 0 Å². The molecule has 6 heteroatoms. The molecule has 6 nitrogen and oxygen atoms in total. The van der Waals surface area contributed by atoms with E-state index in [1.165, 1.54) is 37.7 Å². The highest BCUT2D eigenvalue weighted by atomic mass is 16.2. The van der Waals surface area contributed by atoms with Gasteiger partial charge in [-0.1, -0.05) is 93.6 Å². The van der Waals surface area contributed by atoms with Gasteiger partial charge in [0.1, 0.15) is 0 Å². The summed E-state index contributed by atoms with van der Waals surface area (Å²) in [7, 11) is 2.22. The first kappa shape index (κ1) is 27.3. The summed E-state index contributed by atoms with van der Waals surface area (Å²) in [4.78, 5) is 39.1. The summed E-state index contributed by atoms with van der Waals surface area (Å²) in [5.74, 6) is -2.19. The van der Waals surface area contributed by atoms with E-state index in [9.17, 15) is 14.4 Å². The Morgan fingerprint density at radius 1 is 1.03 bits per heavy atom. The highest BCUT2D eigenvalue weighted by molar-refractivity contribution is 6.38. The minimum Gasteiger partial charge on any atom is -0.363 e. The Balaban J connectivity index is 1.66. The van der Waals surface area contributed by atoms with E-state index in [0.717, 1.165) is 24.1 Å². The van der Waals surface area contributed by atoms with E-state index in [1.807, 2.05) is 31.2 Å². The molecule has 0 radical (unpaired) electrons. The Hall–Kier alpha value is -3.25. The summed E-state index contributed by atoms with van der Waals surface area (Å²) in [6, 6.07) is 15.5. The largest absolute Gasteiger partial charge is 0.363 e. The highest BCUT2D eigenvalue weighted by Crippen LogP contribution is 2.23. The third kappa shape index (κ3) is 7.89. The normalized spacial score (nSPS) is 15.2. The predicted molar refractivity (Wildman–Crippen MR) is 145 cm³/mol. The molecular formula is C30H39N3O3. The molecule has 0 saturated heterocycles. The average molecular weight is 490 g/mol. The summed E-state index contributed by atoms with van der Waals surface area (Å²) in [5.41, 5.74) is 8.69. The quantitative estimate of drug-likeness (QED) is 0.325. The van der Waals surface area contributed by atoms with Gasteiger partial charge in [-0.3, -0.25) is 19.3 Å². The first-order valence-corrected chi connectivity index (χ1v) is 13.1. The number of Topliss-reactive ketones (excluding diaryl/α,β-unsaturated/α-hetero) is 1. The van der Waals surface area contributed by atoms with Gasteiger partial charge in [0.2, 0.25) is 5.78 Å². The number of nitrogens with one attached hydrogen (secondary N) is 1. The standard InChI is InChI=1S/C30H39N3O3/c1-3-4-14-27(28(34)29(31)35)32-30(36)26-13-9-8-10-24(26)20-19-22-15-17-23(18-16-22)21-33(2)25-11-6-5-7-12-25/h8-10,13,15-20,25,27H,3-7,11-12,14,21H2,1-2H3,(H2,31,35)(H,32,36)/b20-19+. The number of carbonyl (C=O) groups is 3. The van der Waals surface area contributed by atoms with Crippen LogP contribution in [0.1, 0.15) is 85.3 Å². The van der Waals surface area contributed by atoms with Crippen molar-refractivity contribution in [2.75, 3.05) is 7.05 Å². The molecule has 192 valence electrons. The zero-order valence-electron chi connectivity index (χ0n) is 21.5. The fraction of sp³-hybridized carbons (Fsp3) is 0.433. The number of nitrogens with zero attached hydrogens (tertiary/aromatic N) is 1. The number of ketones is 1. The number of hydrogen-bond acceptors (Lipinski definition) is 4. The number of carbonyl (C=O) groups excluding carboxylic acids is 3. The van der Waals surface area contributed by atoms with Crippen LogP contribution in [0.3, 0.4) is 0 Å². The monoisotopic (exact) mass is 489 g/mol. The molecule has 1 unspecified atom stereocenters. The lowest BCUT2D eigenvalue weighted by molar-refractivity contribution is -0.137. The van der Waals surface area contributed by atoms with Gasteiger partial charge in [0.25, 0.3) is 11.8 Å². The molecule has 3 rings (SSSR count).